The van der Waals surface area contributed by atoms with E-state index in [2.05, 4.69) is 29.0 Å². The fourth-order valence-electron chi connectivity index (χ4n) is 2.70. The predicted octanol–water partition coefficient (Wildman–Crippen LogP) is 1.32. The van der Waals surface area contributed by atoms with Crippen molar-refractivity contribution >= 4 is 28.2 Å². The van der Waals surface area contributed by atoms with Crippen LogP contribution in [0, 0.1) is 0 Å². The molecule has 6 nitrogen and oxygen atoms in total. The van der Waals surface area contributed by atoms with Crippen molar-refractivity contribution in [2.24, 2.45) is 0 Å². The summed E-state index contributed by atoms with van der Waals surface area (Å²) in [6.07, 6.45) is 1.03. The van der Waals surface area contributed by atoms with Gasteiger partial charge in [0.25, 0.3) is 5.91 Å². The normalized spacial score (nSPS) is 18.8. The minimum atomic E-state index is 0.0103. The lowest BCUT2D eigenvalue weighted by atomic mass is 10.2. The number of carbonyl (C=O) groups is 1. The molecule has 0 radical (unpaired) electrons. The molecular formula is C13H23N5OS. The highest BCUT2D eigenvalue weighted by Gasteiger charge is 2.31. The number of aromatic nitrogens is 1. The van der Waals surface area contributed by atoms with Crippen molar-refractivity contribution in [3.63, 3.8) is 0 Å². The Kier molecular flexibility index (Phi) is 4.82. The number of rotatable bonds is 5. The average molecular weight is 297 g/mol. The zero-order chi connectivity index (χ0) is 14.7. The zero-order valence-electron chi connectivity index (χ0n) is 12.3. The minimum absolute atomic E-state index is 0.0103. The van der Waals surface area contributed by atoms with Crippen LogP contribution >= 0.6 is 11.3 Å². The minimum Gasteiger partial charge on any atom is -0.382 e. The Morgan fingerprint density at radius 3 is 2.80 bits per heavy atom. The van der Waals surface area contributed by atoms with E-state index in [1.807, 2.05) is 4.90 Å². The van der Waals surface area contributed by atoms with E-state index in [1.54, 1.807) is 7.05 Å². The number of nitrogen functional groups attached to an aromatic ring is 1. The third-order valence-corrected chi connectivity index (χ3v) is 4.92. The molecule has 112 valence electrons. The summed E-state index contributed by atoms with van der Waals surface area (Å²) >= 11 is 1.32. The van der Waals surface area contributed by atoms with Crippen LogP contribution in [0.3, 0.4) is 0 Å². The maximum absolute atomic E-state index is 12.5. The summed E-state index contributed by atoms with van der Waals surface area (Å²) in [7, 11) is 1.78. The number of amides is 1. The Hall–Kier alpha value is -1.34. The molecule has 2 heterocycles. The molecule has 0 saturated carbocycles. The van der Waals surface area contributed by atoms with Crippen molar-refractivity contribution in [3.05, 3.63) is 4.88 Å². The average Bonchev–Trinajstić information content (AvgIpc) is 3.06. The van der Waals surface area contributed by atoms with Crippen LogP contribution < -0.4 is 11.1 Å². The van der Waals surface area contributed by atoms with Gasteiger partial charge < -0.3 is 16.0 Å². The van der Waals surface area contributed by atoms with Crippen LogP contribution in [-0.2, 0) is 0 Å². The Labute approximate surface area is 124 Å². The summed E-state index contributed by atoms with van der Waals surface area (Å²) in [5.41, 5.74) is 5.83. The highest BCUT2D eigenvalue weighted by atomic mass is 32.1. The fraction of sp³-hybridized carbons (Fsp3) is 0.692. The highest BCUT2D eigenvalue weighted by molar-refractivity contribution is 7.18. The second kappa shape index (κ2) is 6.41. The summed E-state index contributed by atoms with van der Waals surface area (Å²) < 4.78 is 0. The van der Waals surface area contributed by atoms with Gasteiger partial charge in [-0.2, -0.15) is 0 Å². The molecule has 1 fully saturated rings. The van der Waals surface area contributed by atoms with Gasteiger partial charge in [0.2, 0.25) is 0 Å². The fourth-order valence-corrected chi connectivity index (χ4v) is 3.51. The van der Waals surface area contributed by atoms with Crippen LogP contribution in [0.5, 0.6) is 0 Å². The second-order valence-corrected chi connectivity index (χ2v) is 5.90. The molecule has 1 atom stereocenters. The first-order chi connectivity index (χ1) is 9.60. The van der Waals surface area contributed by atoms with Gasteiger partial charge in [-0.1, -0.05) is 25.2 Å². The maximum atomic E-state index is 12.5. The van der Waals surface area contributed by atoms with E-state index in [-0.39, 0.29) is 5.91 Å². The van der Waals surface area contributed by atoms with Gasteiger partial charge >= 0.3 is 0 Å². The quantitative estimate of drug-likeness (QED) is 0.857. The third kappa shape index (κ3) is 2.88. The summed E-state index contributed by atoms with van der Waals surface area (Å²) in [5, 5.41) is 3.61. The Morgan fingerprint density at radius 2 is 2.25 bits per heavy atom. The largest absolute Gasteiger partial charge is 0.382 e. The Balaban J connectivity index is 2.05. The van der Waals surface area contributed by atoms with E-state index >= 15 is 0 Å². The number of nitrogens with zero attached hydrogens (tertiary/aromatic N) is 3. The lowest BCUT2D eigenvalue weighted by Gasteiger charge is -2.26. The van der Waals surface area contributed by atoms with Gasteiger partial charge in [0.05, 0.1) is 0 Å². The number of hydrogen-bond acceptors (Lipinski definition) is 6. The highest BCUT2D eigenvalue weighted by Crippen LogP contribution is 2.27. The standard InChI is InChI=1S/C13H23N5OS/c1-4-17(5-2)9-6-7-18(8-9)12(19)10-11(14)16-13(15-3)20-10/h9H,4-8,14H2,1-3H3,(H,15,16). The van der Waals surface area contributed by atoms with Crippen LogP contribution in [0.25, 0.3) is 0 Å². The number of thiazole rings is 1. The molecule has 1 aliphatic rings. The van der Waals surface area contributed by atoms with Crippen molar-refractivity contribution in [2.75, 3.05) is 44.3 Å². The first-order valence-corrected chi connectivity index (χ1v) is 7.89. The second-order valence-electron chi connectivity index (χ2n) is 4.90. The lowest BCUT2D eigenvalue weighted by molar-refractivity contribution is 0.0783. The molecule has 1 unspecified atom stereocenters. The van der Waals surface area contributed by atoms with Crippen LogP contribution in [0.2, 0.25) is 0 Å². The van der Waals surface area contributed by atoms with Gasteiger partial charge in [0.15, 0.2) is 5.13 Å². The van der Waals surface area contributed by atoms with Gasteiger partial charge in [-0.05, 0) is 19.5 Å². The topological polar surface area (TPSA) is 74.5 Å². The molecule has 1 saturated heterocycles. The summed E-state index contributed by atoms with van der Waals surface area (Å²) in [4.78, 5) is 21.5. The van der Waals surface area contributed by atoms with Gasteiger partial charge in [0, 0.05) is 26.2 Å². The first-order valence-electron chi connectivity index (χ1n) is 7.08. The van der Waals surface area contributed by atoms with Gasteiger partial charge in [-0.3, -0.25) is 9.69 Å². The molecule has 1 amide bonds. The third-order valence-electron chi connectivity index (χ3n) is 3.84. The van der Waals surface area contributed by atoms with Crippen molar-refractivity contribution in [2.45, 2.75) is 26.3 Å². The number of hydrogen-bond donors (Lipinski definition) is 2. The van der Waals surface area contributed by atoms with Gasteiger partial charge in [0.1, 0.15) is 10.7 Å². The summed E-state index contributed by atoms with van der Waals surface area (Å²) in [6, 6.07) is 0.465. The lowest BCUT2D eigenvalue weighted by Crippen LogP contribution is -2.38. The van der Waals surface area contributed by atoms with E-state index in [4.69, 9.17) is 5.73 Å². The number of nitrogens with two attached hydrogens (primary N) is 1. The van der Waals surface area contributed by atoms with Crippen molar-refractivity contribution < 1.29 is 4.79 Å². The Morgan fingerprint density at radius 1 is 1.55 bits per heavy atom. The molecule has 0 bridgehead atoms. The molecule has 20 heavy (non-hydrogen) atoms. The number of carbonyl (C=O) groups excluding carboxylic acids is 1. The van der Waals surface area contributed by atoms with E-state index in [0.717, 1.165) is 32.6 Å². The number of anilines is 2. The number of nitrogens with one attached hydrogen (secondary N) is 1. The summed E-state index contributed by atoms with van der Waals surface area (Å²) in [6.45, 7) is 7.95. The summed E-state index contributed by atoms with van der Waals surface area (Å²) in [5.74, 6) is 0.340. The number of likely N-dealkylation sites (tertiary alicyclic amines) is 1. The molecule has 0 spiro atoms. The van der Waals surface area contributed by atoms with Crippen molar-refractivity contribution in [1.82, 2.24) is 14.8 Å². The molecule has 0 aliphatic carbocycles. The van der Waals surface area contributed by atoms with Crippen LogP contribution in [0.15, 0.2) is 0 Å². The molecule has 2 rings (SSSR count). The van der Waals surface area contributed by atoms with Crippen molar-refractivity contribution in [3.8, 4) is 0 Å². The molecule has 7 heteroatoms. The van der Waals surface area contributed by atoms with E-state index in [1.165, 1.54) is 11.3 Å². The SMILES string of the molecule is CCN(CC)C1CCN(C(=O)c2sc(NC)nc2N)C1. The van der Waals surface area contributed by atoms with E-state index < -0.39 is 0 Å². The van der Waals surface area contributed by atoms with Gasteiger partial charge in [-0.25, -0.2) is 4.98 Å². The smallest absolute Gasteiger partial charge is 0.267 e. The van der Waals surface area contributed by atoms with Crippen LogP contribution in [-0.4, -0.2) is 60.0 Å². The molecule has 1 aliphatic heterocycles. The monoisotopic (exact) mass is 297 g/mol. The van der Waals surface area contributed by atoms with E-state index in [0.29, 0.717) is 21.9 Å². The first kappa shape index (κ1) is 15.1. The molecule has 1 aromatic rings. The van der Waals surface area contributed by atoms with E-state index in [9.17, 15) is 4.79 Å². The molecule has 0 aromatic carbocycles. The molecule has 3 N–H and O–H groups in total. The van der Waals surface area contributed by atoms with Crippen LogP contribution in [0.4, 0.5) is 10.9 Å². The predicted molar refractivity (Wildman–Crippen MR) is 83.3 cm³/mol. The van der Waals surface area contributed by atoms with Gasteiger partial charge in [-0.15, -0.1) is 0 Å². The van der Waals surface area contributed by atoms with Crippen LogP contribution in [0.1, 0.15) is 29.9 Å². The Bertz CT molecular complexity index is 471. The maximum Gasteiger partial charge on any atom is 0.267 e. The zero-order valence-corrected chi connectivity index (χ0v) is 13.2. The molecular weight excluding hydrogens is 274 g/mol. The molecule has 1 aromatic heterocycles. The van der Waals surface area contributed by atoms with Crippen molar-refractivity contribution in [1.29, 1.82) is 0 Å². The number of likely N-dealkylation sites (N-methyl/N-ethyl adjacent to an activating group) is 1.